The molecular formula is C17H15N3O3. The minimum atomic E-state index is -0.691. The molecule has 1 saturated heterocycles. The van der Waals surface area contributed by atoms with E-state index >= 15 is 0 Å². The van der Waals surface area contributed by atoms with Crippen molar-refractivity contribution in [3.63, 3.8) is 0 Å². The summed E-state index contributed by atoms with van der Waals surface area (Å²) in [6, 6.07) is 12.9. The Bertz CT molecular complexity index is 784. The van der Waals surface area contributed by atoms with Gasteiger partial charge >= 0.3 is 6.03 Å². The van der Waals surface area contributed by atoms with Crippen LogP contribution in [0.2, 0.25) is 0 Å². The number of benzene rings is 2. The summed E-state index contributed by atoms with van der Waals surface area (Å²) >= 11 is 0. The molecule has 0 spiro atoms. The lowest BCUT2D eigenvalue weighted by Gasteiger charge is -2.10. The highest BCUT2D eigenvalue weighted by molar-refractivity contribution is 6.05. The Morgan fingerprint density at radius 3 is 2.43 bits per heavy atom. The molecule has 3 rings (SSSR count). The second-order valence-corrected chi connectivity index (χ2v) is 5.34. The normalized spacial score (nSPS) is 16.7. The van der Waals surface area contributed by atoms with E-state index in [0.29, 0.717) is 16.8 Å². The number of rotatable bonds is 3. The van der Waals surface area contributed by atoms with Crippen molar-refractivity contribution in [2.45, 2.75) is 13.0 Å². The molecule has 2 aromatic carbocycles. The van der Waals surface area contributed by atoms with Gasteiger partial charge in [0.2, 0.25) is 0 Å². The SMILES string of the molecule is Cc1cccc(C(=O)Nc2ccc(C3NC(=O)NC3=O)cc2)c1. The summed E-state index contributed by atoms with van der Waals surface area (Å²) in [4.78, 5) is 34.9. The maximum atomic E-state index is 12.2. The van der Waals surface area contributed by atoms with E-state index in [1.165, 1.54) is 0 Å². The van der Waals surface area contributed by atoms with Crippen molar-refractivity contribution in [1.29, 1.82) is 0 Å². The number of nitrogens with one attached hydrogen (secondary N) is 3. The third kappa shape index (κ3) is 3.21. The van der Waals surface area contributed by atoms with E-state index in [2.05, 4.69) is 16.0 Å². The predicted molar refractivity (Wildman–Crippen MR) is 85.0 cm³/mol. The van der Waals surface area contributed by atoms with Crippen LogP contribution >= 0.6 is 0 Å². The third-order valence-electron chi connectivity index (χ3n) is 3.56. The highest BCUT2D eigenvalue weighted by Gasteiger charge is 2.30. The van der Waals surface area contributed by atoms with Crippen LogP contribution in [-0.4, -0.2) is 17.8 Å². The number of carbonyl (C=O) groups is 3. The van der Waals surface area contributed by atoms with Gasteiger partial charge in [0.25, 0.3) is 11.8 Å². The predicted octanol–water partition coefficient (Wildman–Crippen LogP) is 2.13. The molecule has 1 aliphatic heterocycles. The smallest absolute Gasteiger partial charge is 0.322 e. The molecule has 116 valence electrons. The first-order valence-corrected chi connectivity index (χ1v) is 7.12. The van der Waals surface area contributed by atoms with Crippen LogP contribution < -0.4 is 16.0 Å². The maximum Gasteiger partial charge on any atom is 0.322 e. The average Bonchev–Trinajstić information content (AvgIpc) is 2.86. The van der Waals surface area contributed by atoms with Crippen molar-refractivity contribution in [2.24, 2.45) is 0 Å². The summed E-state index contributed by atoms with van der Waals surface area (Å²) in [5.41, 5.74) is 2.86. The van der Waals surface area contributed by atoms with Gasteiger partial charge in [-0.15, -0.1) is 0 Å². The zero-order chi connectivity index (χ0) is 16.4. The van der Waals surface area contributed by atoms with E-state index < -0.39 is 12.1 Å². The molecule has 1 heterocycles. The third-order valence-corrected chi connectivity index (χ3v) is 3.56. The van der Waals surface area contributed by atoms with E-state index in [9.17, 15) is 14.4 Å². The van der Waals surface area contributed by atoms with Crippen LogP contribution in [0.1, 0.15) is 27.5 Å². The van der Waals surface area contributed by atoms with Gasteiger partial charge in [0.1, 0.15) is 6.04 Å². The minimum absolute atomic E-state index is 0.201. The fraction of sp³-hybridized carbons (Fsp3) is 0.118. The van der Waals surface area contributed by atoms with Crippen LogP contribution in [0.15, 0.2) is 48.5 Å². The van der Waals surface area contributed by atoms with E-state index in [-0.39, 0.29) is 11.8 Å². The zero-order valence-electron chi connectivity index (χ0n) is 12.4. The molecule has 1 atom stereocenters. The number of hydrogen-bond donors (Lipinski definition) is 3. The van der Waals surface area contributed by atoms with Crippen molar-refractivity contribution in [1.82, 2.24) is 10.6 Å². The largest absolute Gasteiger partial charge is 0.322 e. The van der Waals surface area contributed by atoms with Gasteiger partial charge < -0.3 is 10.6 Å². The van der Waals surface area contributed by atoms with Crippen molar-refractivity contribution in [3.8, 4) is 0 Å². The molecule has 0 bridgehead atoms. The van der Waals surface area contributed by atoms with Crippen LogP contribution in [0.3, 0.4) is 0 Å². The molecule has 0 radical (unpaired) electrons. The van der Waals surface area contributed by atoms with Gasteiger partial charge in [-0.3, -0.25) is 14.9 Å². The van der Waals surface area contributed by atoms with Gasteiger partial charge in [-0.2, -0.15) is 0 Å². The Kier molecular flexibility index (Phi) is 3.80. The fourth-order valence-corrected chi connectivity index (χ4v) is 2.40. The van der Waals surface area contributed by atoms with E-state index in [1.807, 2.05) is 25.1 Å². The second-order valence-electron chi connectivity index (χ2n) is 5.34. The topological polar surface area (TPSA) is 87.3 Å². The number of carbonyl (C=O) groups excluding carboxylic acids is 3. The monoisotopic (exact) mass is 309 g/mol. The van der Waals surface area contributed by atoms with Gasteiger partial charge in [0.05, 0.1) is 0 Å². The minimum Gasteiger partial charge on any atom is -0.322 e. The highest BCUT2D eigenvalue weighted by Crippen LogP contribution is 2.19. The van der Waals surface area contributed by atoms with Gasteiger partial charge in [-0.1, -0.05) is 29.8 Å². The lowest BCUT2D eigenvalue weighted by atomic mass is 10.1. The van der Waals surface area contributed by atoms with Gasteiger partial charge in [-0.05, 0) is 36.8 Å². The molecule has 2 aromatic rings. The van der Waals surface area contributed by atoms with E-state index in [0.717, 1.165) is 5.56 Å². The number of urea groups is 1. The quantitative estimate of drug-likeness (QED) is 0.759. The second kappa shape index (κ2) is 5.92. The lowest BCUT2D eigenvalue weighted by Crippen LogP contribution is -2.22. The first-order valence-electron chi connectivity index (χ1n) is 7.12. The van der Waals surface area contributed by atoms with E-state index in [1.54, 1.807) is 30.3 Å². The number of aryl methyl sites for hydroxylation is 1. The molecule has 1 fully saturated rings. The van der Waals surface area contributed by atoms with Crippen molar-refractivity contribution >= 4 is 23.5 Å². The van der Waals surface area contributed by atoms with Crippen LogP contribution in [0.25, 0.3) is 0 Å². The molecule has 0 saturated carbocycles. The Balaban J connectivity index is 1.71. The molecule has 1 unspecified atom stereocenters. The molecule has 23 heavy (non-hydrogen) atoms. The molecule has 0 aromatic heterocycles. The Hall–Kier alpha value is -3.15. The van der Waals surface area contributed by atoms with Crippen molar-refractivity contribution in [2.75, 3.05) is 5.32 Å². The van der Waals surface area contributed by atoms with Crippen LogP contribution in [-0.2, 0) is 4.79 Å². The van der Waals surface area contributed by atoms with Gasteiger partial charge in [0.15, 0.2) is 0 Å². The summed E-state index contributed by atoms with van der Waals surface area (Å²) in [5.74, 6) is -0.583. The summed E-state index contributed by atoms with van der Waals surface area (Å²) in [6.45, 7) is 1.92. The molecule has 1 aliphatic rings. The Labute approximate surface area is 132 Å². The van der Waals surface area contributed by atoms with E-state index in [4.69, 9.17) is 0 Å². The fourth-order valence-electron chi connectivity index (χ4n) is 2.40. The molecule has 6 nitrogen and oxygen atoms in total. The van der Waals surface area contributed by atoms with Crippen molar-refractivity contribution in [3.05, 3.63) is 65.2 Å². The standard InChI is InChI=1S/C17H15N3O3/c1-10-3-2-4-12(9-10)15(21)18-13-7-5-11(6-8-13)14-16(22)20-17(23)19-14/h2-9,14H,1H3,(H,18,21)(H2,19,20,22,23). The molecule has 6 heteroatoms. The van der Waals surface area contributed by atoms with Gasteiger partial charge in [0, 0.05) is 11.3 Å². The zero-order valence-corrected chi connectivity index (χ0v) is 12.4. The number of imide groups is 1. The van der Waals surface area contributed by atoms with Gasteiger partial charge in [-0.25, -0.2) is 4.79 Å². The first kappa shape index (κ1) is 14.8. The number of amides is 4. The summed E-state index contributed by atoms with van der Waals surface area (Å²) < 4.78 is 0. The van der Waals surface area contributed by atoms with Crippen LogP contribution in [0.5, 0.6) is 0 Å². The summed E-state index contributed by atoms with van der Waals surface area (Å²) in [5, 5.41) is 7.50. The Morgan fingerprint density at radius 2 is 1.83 bits per heavy atom. The molecule has 0 aliphatic carbocycles. The maximum absolute atomic E-state index is 12.2. The summed E-state index contributed by atoms with van der Waals surface area (Å²) in [6.07, 6.45) is 0. The average molecular weight is 309 g/mol. The molecular weight excluding hydrogens is 294 g/mol. The molecule has 4 amide bonds. The van der Waals surface area contributed by atoms with Crippen LogP contribution in [0, 0.1) is 6.92 Å². The Morgan fingerprint density at radius 1 is 1.09 bits per heavy atom. The lowest BCUT2D eigenvalue weighted by molar-refractivity contribution is -0.120. The summed E-state index contributed by atoms with van der Waals surface area (Å²) in [7, 11) is 0. The number of anilines is 1. The number of hydrogen-bond acceptors (Lipinski definition) is 3. The highest BCUT2D eigenvalue weighted by atomic mass is 16.2. The van der Waals surface area contributed by atoms with Crippen molar-refractivity contribution < 1.29 is 14.4 Å². The first-order chi connectivity index (χ1) is 11.0. The van der Waals surface area contributed by atoms with Crippen LogP contribution in [0.4, 0.5) is 10.5 Å². The molecule has 3 N–H and O–H groups in total.